The fraction of sp³-hybridized carbons (Fsp3) is 0.333. The lowest BCUT2D eigenvalue weighted by Crippen LogP contribution is -2.33. The number of hydrogen-bond donors (Lipinski definition) is 1. The van der Waals surface area contributed by atoms with E-state index in [2.05, 4.69) is 5.32 Å². The Hall–Kier alpha value is -2.33. The average molecular weight is 369 g/mol. The molecule has 2 aromatic rings. The summed E-state index contributed by atoms with van der Waals surface area (Å²) in [5, 5.41) is 3.52. The Morgan fingerprint density at radius 2 is 1.77 bits per heavy atom. The van der Waals surface area contributed by atoms with Gasteiger partial charge in [-0.05, 0) is 67.3 Å². The number of halogens is 1. The maximum absolute atomic E-state index is 12.7. The molecule has 1 heterocycles. The van der Waals surface area contributed by atoms with Crippen LogP contribution in [0, 0.1) is 5.92 Å². The van der Waals surface area contributed by atoms with Crippen LogP contribution in [0.25, 0.3) is 0 Å². The molecule has 1 fully saturated rings. The first-order valence-electron chi connectivity index (χ1n) is 9.13. The van der Waals surface area contributed by atoms with E-state index < -0.39 is 0 Å². The molecule has 4 nitrogen and oxygen atoms in total. The fourth-order valence-corrected chi connectivity index (χ4v) is 4.03. The molecular formula is C21H21ClN2O2. The lowest BCUT2D eigenvalue weighted by molar-refractivity contribution is -0.122. The van der Waals surface area contributed by atoms with E-state index in [1.165, 1.54) is 0 Å². The molecule has 0 aromatic heterocycles. The molecule has 134 valence electrons. The van der Waals surface area contributed by atoms with Crippen LogP contribution in [-0.2, 0) is 11.2 Å². The maximum Gasteiger partial charge on any atom is 0.255 e. The SMILES string of the molecule is O=C(Nc1ccc2c(c1)CCN2C(=O)C1CCCC1)c1ccc(Cl)cc1. The molecule has 1 saturated carbocycles. The third-order valence-electron chi connectivity index (χ3n) is 5.31. The van der Waals surface area contributed by atoms with Crippen molar-refractivity contribution in [3.05, 3.63) is 58.6 Å². The zero-order chi connectivity index (χ0) is 18.1. The molecule has 0 radical (unpaired) electrons. The summed E-state index contributed by atoms with van der Waals surface area (Å²) in [7, 11) is 0. The van der Waals surface area contributed by atoms with Crippen LogP contribution in [0.5, 0.6) is 0 Å². The molecule has 2 aromatic carbocycles. The lowest BCUT2D eigenvalue weighted by Gasteiger charge is -2.21. The minimum Gasteiger partial charge on any atom is -0.322 e. The third kappa shape index (κ3) is 3.34. The van der Waals surface area contributed by atoms with E-state index in [0.29, 0.717) is 10.6 Å². The molecular weight excluding hydrogens is 348 g/mol. The molecule has 0 unspecified atom stereocenters. The minimum absolute atomic E-state index is 0.168. The summed E-state index contributed by atoms with van der Waals surface area (Å²) >= 11 is 5.86. The van der Waals surface area contributed by atoms with Gasteiger partial charge in [-0.25, -0.2) is 0 Å². The highest BCUT2D eigenvalue weighted by Gasteiger charge is 2.31. The number of nitrogens with zero attached hydrogens (tertiary/aromatic N) is 1. The van der Waals surface area contributed by atoms with Gasteiger partial charge in [-0.1, -0.05) is 24.4 Å². The predicted molar refractivity (Wildman–Crippen MR) is 104 cm³/mol. The van der Waals surface area contributed by atoms with Crippen LogP contribution >= 0.6 is 11.6 Å². The third-order valence-corrected chi connectivity index (χ3v) is 5.56. The van der Waals surface area contributed by atoms with Crippen LogP contribution in [0.2, 0.25) is 5.02 Å². The summed E-state index contributed by atoms with van der Waals surface area (Å²) in [5.74, 6) is 0.280. The fourth-order valence-electron chi connectivity index (χ4n) is 3.91. The quantitative estimate of drug-likeness (QED) is 0.855. The van der Waals surface area contributed by atoms with Gasteiger partial charge in [-0.2, -0.15) is 0 Å². The average Bonchev–Trinajstić information content (AvgIpc) is 3.31. The molecule has 5 heteroatoms. The molecule has 0 saturated heterocycles. The van der Waals surface area contributed by atoms with Gasteiger partial charge < -0.3 is 10.2 Å². The van der Waals surface area contributed by atoms with E-state index in [4.69, 9.17) is 11.6 Å². The van der Waals surface area contributed by atoms with Crippen molar-refractivity contribution in [1.82, 2.24) is 0 Å². The molecule has 26 heavy (non-hydrogen) atoms. The molecule has 0 bridgehead atoms. The molecule has 1 aliphatic heterocycles. The minimum atomic E-state index is -0.168. The van der Waals surface area contributed by atoms with E-state index in [0.717, 1.165) is 55.6 Å². The number of anilines is 2. The van der Waals surface area contributed by atoms with Crippen LogP contribution < -0.4 is 10.2 Å². The van der Waals surface area contributed by atoms with Gasteiger partial charge in [0, 0.05) is 34.4 Å². The van der Waals surface area contributed by atoms with Gasteiger partial charge in [0.2, 0.25) is 5.91 Å². The van der Waals surface area contributed by atoms with Crippen LogP contribution in [0.1, 0.15) is 41.6 Å². The van der Waals surface area contributed by atoms with Gasteiger partial charge in [0.25, 0.3) is 5.91 Å². The van der Waals surface area contributed by atoms with Crippen molar-refractivity contribution in [2.45, 2.75) is 32.1 Å². The molecule has 2 amide bonds. The van der Waals surface area contributed by atoms with E-state index >= 15 is 0 Å². The smallest absolute Gasteiger partial charge is 0.255 e. The molecule has 2 aliphatic rings. The standard InChI is InChI=1S/C21H21ClN2O2/c22-17-7-5-14(6-8-17)20(25)23-18-9-10-19-16(13-18)11-12-24(19)21(26)15-3-1-2-4-15/h5-10,13,15H,1-4,11-12H2,(H,23,25). The second-order valence-electron chi connectivity index (χ2n) is 7.03. The normalized spacial score (nSPS) is 16.6. The largest absolute Gasteiger partial charge is 0.322 e. The highest BCUT2D eigenvalue weighted by molar-refractivity contribution is 6.30. The first-order valence-corrected chi connectivity index (χ1v) is 9.51. The first-order chi connectivity index (χ1) is 12.6. The Kier molecular flexibility index (Phi) is 4.68. The highest BCUT2D eigenvalue weighted by Crippen LogP contribution is 2.34. The summed E-state index contributed by atoms with van der Waals surface area (Å²) in [4.78, 5) is 27.0. The molecule has 0 atom stereocenters. The zero-order valence-corrected chi connectivity index (χ0v) is 15.3. The van der Waals surface area contributed by atoms with Crippen LogP contribution in [-0.4, -0.2) is 18.4 Å². The summed E-state index contributed by atoms with van der Waals surface area (Å²) < 4.78 is 0. The number of carbonyl (C=O) groups is 2. The number of amides is 2. The Labute approximate surface area is 158 Å². The molecule has 4 rings (SSSR count). The van der Waals surface area contributed by atoms with E-state index in [1.54, 1.807) is 24.3 Å². The Balaban J connectivity index is 1.48. The van der Waals surface area contributed by atoms with Gasteiger partial charge in [0.05, 0.1) is 0 Å². The zero-order valence-electron chi connectivity index (χ0n) is 14.5. The number of hydrogen-bond acceptors (Lipinski definition) is 2. The number of nitrogens with one attached hydrogen (secondary N) is 1. The van der Waals surface area contributed by atoms with Crippen molar-refractivity contribution in [2.75, 3.05) is 16.8 Å². The molecule has 1 N–H and O–H groups in total. The van der Waals surface area contributed by atoms with Crippen molar-refractivity contribution >= 4 is 34.8 Å². The molecule has 1 aliphatic carbocycles. The van der Waals surface area contributed by atoms with E-state index in [-0.39, 0.29) is 17.7 Å². The van der Waals surface area contributed by atoms with Gasteiger partial charge in [-0.3, -0.25) is 9.59 Å². The van der Waals surface area contributed by atoms with Crippen molar-refractivity contribution < 1.29 is 9.59 Å². The van der Waals surface area contributed by atoms with E-state index in [9.17, 15) is 9.59 Å². The number of carbonyl (C=O) groups excluding carboxylic acids is 2. The highest BCUT2D eigenvalue weighted by atomic mass is 35.5. The Morgan fingerprint density at radius 3 is 2.50 bits per heavy atom. The van der Waals surface area contributed by atoms with Gasteiger partial charge >= 0.3 is 0 Å². The van der Waals surface area contributed by atoms with Crippen molar-refractivity contribution in [3.8, 4) is 0 Å². The van der Waals surface area contributed by atoms with Gasteiger partial charge in [0.1, 0.15) is 0 Å². The summed E-state index contributed by atoms with van der Waals surface area (Å²) in [6.45, 7) is 0.735. The predicted octanol–water partition coefficient (Wildman–Crippen LogP) is 4.67. The van der Waals surface area contributed by atoms with Crippen molar-refractivity contribution in [1.29, 1.82) is 0 Å². The maximum atomic E-state index is 12.7. The second-order valence-corrected chi connectivity index (χ2v) is 7.46. The Bertz CT molecular complexity index is 842. The first kappa shape index (κ1) is 17.1. The van der Waals surface area contributed by atoms with Crippen molar-refractivity contribution in [2.24, 2.45) is 5.92 Å². The second kappa shape index (κ2) is 7.12. The van der Waals surface area contributed by atoms with Crippen LogP contribution in [0.15, 0.2) is 42.5 Å². The lowest BCUT2D eigenvalue weighted by atomic mass is 10.1. The summed E-state index contributed by atoms with van der Waals surface area (Å²) in [5.41, 5.74) is 3.42. The monoisotopic (exact) mass is 368 g/mol. The number of rotatable bonds is 3. The van der Waals surface area contributed by atoms with E-state index in [1.807, 2.05) is 23.1 Å². The summed E-state index contributed by atoms with van der Waals surface area (Å²) in [6, 6.07) is 12.6. The van der Waals surface area contributed by atoms with Crippen LogP contribution in [0.3, 0.4) is 0 Å². The van der Waals surface area contributed by atoms with Crippen molar-refractivity contribution in [3.63, 3.8) is 0 Å². The number of benzene rings is 2. The van der Waals surface area contributed by atoms with Gasteiger partial charge in [0.15, 0.2) is 0 Å². The number of fused-ring (bicyclic) bond motifs is 1. The summed E-state index contributed by atoms with van der Waals surface area (Å²) in [6.07, 6.45) is 5.18. The molecule has 0 spiro atoms. The van der Waals surface area contributed by atoms with Crippen LogP contribution in [0.4, 0.5) is 11.4 Å². The Morgan fingerprint density at radius 1 is 1.04 bits per heavy atom. The topological polar surface area (TPSA) is 49.4 Å². The van der Waals surface area contributed by atoms with Gasteiger partial charge in [-0.15, -0.1) is 0 Å².